The summed E-state index contributed by atoms with van der Waals surface area (Å²) in [4.78, 5) is 2.70. The van der Waals surface area contributed by atoms with Crippen LogP contribution in [0.4, 0.5) is 0 Å². The molecule has 1 heterocycles. The summed E-state index contributed by atoms with van der Waals surface area (Å²) < 4.78 is 0. The van der Waals surface area contributed by atoms with E-state index in [4.69, 9.17) is 0 Å². The fraction of sp³-hybridized carbons (Fsp3) is 1.00. The molecule has 16 heavy (non-hydrogen) atoms. The Labute approximate surface area is 102 Å². The summed E-state index contributed by atoms with van der Waals surface area (Å²) in [5, 5.41) is 3.59. The van der Waals surface area contributed by atoms with Crippen LogP contribution in [0, 0.1) is 0 Å². The van der Waals surface area contributed by atoms with Gasteiger partial charge in [0.1, 0.15) is 0 Å². The van der Waals surface area contributed by atoms with Crippen LogP contribution in [0.1, 0.15) is 59.8 Å². The number of nitrogens with one attached hydrogen (secondary N) is 1. The summed E-state index contributed by atoms with van der Waals surface area (Å²) >= 11 is 0. The number of nitrogens with zero attached hydrogens (tertiary/aromatic N) is 1. The molecular formula is C14H30N2. The average Bonchev–Trinajstić information content (AvgIpc) is 2.41. The maximum absolute atomic E-state index is 3.59. The van der Waals surface area contributed by atoms with Crippen molar-refractivity contribution in [2.75, 3.05) is 19.6 Å². The molecule has 1 saturated heterocycles. The Hall–Kier alpha value is -0.0800. The standard InChI is InChI=1S/C14H30N2/c1-5-13-9-7-6-8-11-16(13)12-10-15-14(2,3)4/h13,15H,5-12H2,1-4H3. The third kappa shape index (κ3) is 5.31. The van der Waals surface area contributed by atoms with Gasteiger partial charge in [0.25, 0.3) is 0 Å². The Kier molecular flexibility index (Phi) is 5.77. The maximum Gasteiger partial charge on any atom is 0.0110 e. The van der Waals surface area contributed by atoms with Crippen LogP contribution in [0.25, 0.3) is 0 Å². The molecular weight excluding hydrogens is 196 g/mol. The van der Waals surface area contributed by atoms with Gasteiger partial charge in [-0.15, -0.1) is 0 Å². The van der Waals surface area contributed by atoms with Gasteiger partial charge in [-0.1, -0.05) is 19.8 Å². The van der Waals surface area contributed by atoms with Crippen molar-refractivity contribution < 1.29 is 0 Å². The van der Waals surface area contributed by atoms with E-state index in [2.05, 4.69) is 37.9 Å². The molecule has 1 unspecified atom stereocenters. The van der Waals surface area contributed by atoms with E-state index in [1.54, 1.807) is 0 Å². The van der Waals surface area contributed by atoms with Crippen LogP contribution < -0.4 is 5.32 Å². The largest absolute Gasteiger partial charge is 0.311 e. The zero-order valence-electron chi connectivity index (χ0n) is 11.7. The summed E-state index contributed by atoms with van der Waals surface area (Å²) in [6, 6.07) is 0.837. The monoisotopic (exact) mass is 226 g/mol. The molecule has 0 saturated carbocycles. The van der Waals surface area contributed by atoms with Crippen LogP contribution in [-0.2, 0) is 0 Å². The van der Waals surface area contributed by atoms with Gasteiger partial charge in [-0.2, -0.15) is 0 Å². The molecule has 0 aromatic rings. The number of rotatable bonds is 4. The first-order valence-corrected chi connectivity index (χ1v) is 7.02. The van der Waals surface area contributed by atoms with Gasteiger partial charge in [-0.3, -0.25) is 4.90 Å². The first-order valence-electron chi connectivity index (χ1n) is 7.02. The lowest BCUT2D eigenvalue weighted by Crippen LogP contribution is -2.44. The minimum absolute atomic E-state index is 0.258. The number of hydrogen-bond donors (Lipinski definition) is 1. The normalized spacial score (nSPS) is 24.4. The minimum atomic E-state index is 0.258. The fourth-order valence-corrected chi connectivity index (χ4v) is 2.57. The Morgan fingerprint density at radius 3 is 2.56 bits per heavy atom. The van der Waals surface area contributed by atoms with Crippen LogP contribution in [-0.4, -0.2) is 36.1 Å². The van der Waals surface area contributed by atoms with Crippen molar-refractivity contribution in [2.24, 2.45) is 0 Å². The van der Waals surface area contributed by atoms with Crippen molar-refractivity contribution in [1.82, 2.24) is 10.2 Å². The van der Waals surface area contributed by atoms with E-state index >= 15 is 0 Å². The molecule has 1 N–H and O–H groups in total. The Bertz CT molecular complexity index is 184. The molecule has 2 nitrogen and oxygen atoms in total. The van der Waals surface area contributed by atoms with Crippen molar-refractivity contribution in [3.8, 4) is 0 Å². The summed E-state index contributed by atoms with van der Waals surface area (Å²) in [5.74, 6) is 0. The Morgan fingerprint density at radius 2 is 1.94 bits per heavy atom. The molecule has 1 aliphatic rings. The van der Waals surface area contributed by atoms with Gasteiger partial charge in [0.2, 0.25) is 0 Å². The van der Waals surface area contributed by atoms with Crippen LogP contribution in [0.15, 0.2) is 0 Å². The second kappa shape index (κ2) is 6.61. The van der Waals surface area contributed by atoms with E-state index in [1.165, 1.54) is 45.2 Å². The highest BCUT2D eigenvalue weighted by Gasteiger charge is 2.19. The molecule has 2 heteroatoms. The van der Waals surface area contributed by atoms with E-state index in [-0.39, 0.29) is 5.54 Å². The molecule has 96 valence electrons. The molecule has 1 aliphatic heterocycles. The van der Waals surface area contributed by atoms with Crippen molar-refractivity contribution in [3.63, 3.8) is 0 Å². The predicted octanol–water partition coefficient (Wildman–Crippen LogP) is 3.03. The molecule has 1 fully saturated rings. The summed E-state index contributed by atoms with van der Waals surface area (Å²) in [6.07, 6.45) is 6.98. The fourth-order valence-electron chi connectivity index (χ4n) is 2.57. The van der Waals surface area contributed by atoms with Crippen molar-refractivity contribution in [2.45, 2.75) is 71.4 Å². The van der Waals surface area contributed by atoms with Crippen molar-refractivity contribution in [3.05, 3.63) is 0 Å². The lowest BCUT2D eigenvalue weighted by molar-refractivity contribution is 0.190. The summed E-state index contributed by atoms with van der Waals surface area (Å²) in [7, 11) is 0. The van der Waals surface area contributed by atoms with E-state index in [9.17, 15) is 0 Å². The van der Waals surface area contributed by atoms with Crippen LogP contribution >= 0.6 is 0 Å². The third-order valence-corrected chi connectivity index (χ3v) is 3.52. The van der Waals surface area contributed by atoms with E-state index in [1.807, 2.05) is 0 Å². The van der Waals surface area contributed by atoms with Gasteiger partial charge in [-0.25, -0.2) is 0 Å². The third-order valence-electron chi connectivity index (χ3n) is 3.52. The zero-order valence-corrected chi connectivity index (χ0v) is 11.7. The molecule has 0 spiro atoms. The van der Waals surface area contributed by atoms with E-state index in [0.717, 1.165) is 12.6 Å². The van der Waals surface area contributed by atoms with E-state index < -0.39 is 0 Å². The molecule has 0 bridgehead atoms. The smallest absolute Gasteiger partial charge is 0.0110 e. The topological polar surface area (TPSA) is 15.3 Å². The minimum Gasteiger partial charge on any atom is -0.311 e. The molecule has 0 aromatic carbocycles. The second-order valence-corrected chi connectivity index (χ2v) is 6.12. The lowest BCUT2D eigenvalue weighted by Gasteiger charge is -2.30. The highest BCUT2D eigenvalue weighted by atomic mass is 15.2. The highest BCUT2D eigenvalue weighted by Crippen LogP contribution is 2.18. The second-order valence-electron chi connectivity index (χ2n) is 6.12. The molecule has 0 aliphatic carbocycles. The molecule has 0 radical (unpaired) electrons. The number of likely N-dealkylation sites (tertiary alicyclic amines) is 1. The van der Waals surface area contributed by atoms with Gasteiger partial charge in [-0.05, 0) is 46.6 Å². The average molecular weight is 226 g/mol. The van der Waals surface area contributed by atoms with Gasteiger partial charge in [0.15, 0.2) is 0 Å². The first kappa shape index (κ1) is 14.0. The van der Waals surface area contributed by atoms with Gasteiger partial charge in [0.05, 0.1) is 0 Å². The van der Waals surface area contributed by atoms with Crippen LogP contribution in [0.3, 0.4) is 0 Å². The molecule has 1 atom stereocenters. The quantitative estimate of drug-likeness (QED) is 0.792. The van der Waals surface area contributed by atoms with Gasteiger partial charge >= 0.3 is 0 Å². The van der Waals surface area contributed by atoms with Crippen LogP contribution in [0.2, 0.25) is 0 Å². The van der Waals surface area contributed by atoms with Crippen molar-refractivity contribution in [1.29, 1.82) is 0 Å². The predicted molar refractivity (Wildman–Crippen MR) is 71.9 cm³/mol. The van der Waals surface area contributed by atoms with E-state index in [0.29, 0.717) is 0 Å². The van der Waals surface area contributed by atoms with Gasteiger partial charge < -0.3 is 5.32 Å². The van der Waals surface area contributed by atoms with Gasteiger partial charge in [0, 0.05) is 24.7 Å². The molecule has 0 aromatic heterocycles. The summed E-state index contributed by atoms with van der Waals surface area (Å²) in [5.41, 5.74) is 0.258. The molecule has 1 rings (SSSR count). The zero-order chi connectivity index (χ0) is 12.0. The first-order chi connectivity index (χ1) is 7.53. The Morgan fingerprint density at radius 1 is 1.19 bits per heavy atom. The Balaban J connectivity index is 2.31. The highest BCUT2D eigenvalue weighted by molar-refractivity contribution is 4.77. The maximum atomic E-state index is 3.59. The summed E-state index contributed by atoms with van der Waals surface area (Å²) in [6.45, 7) is 12.7. The lowest BCUT2D eigenvalue weighted by atomic mass is 10.1. The number of hydrogen-bond acceptors (Lipinski definition) is 2. The van der Waals surface area contributed by atoms with Crippen LogP contribution in [0.5, 0.6) is 0 Å². The SMILES string of the molecule is CCC1CCCCCN1CCNC(C)(C)C. The van der Waals surface area contributed by atoms with Crippen molar-refractivity contribution >= 4 is 0 Å². The molecule has 0 amide bonds.